The summed E-state index contributed by atoms with van der Waals surface area (Å²) in [6, 6.07) is 0. The third-order valence-electron chi connectivity index (χ3n) is 16.3. The van der Waals surface area contributed by atoms with Crippen molar-refractivity contribution < 1.29 is 80.2 Å². The molecule has 0 heterocycles. The molecular weight excluding hydrogens is 1190 g/mol. The number of ether oxygens (including phenoxy) is 4. The number of aliphatic hydroxyl groups excluding tert-OH is 1. The lowest BCUT2D eigenvalue weighted by molar-refractivity contribution is -0.161. The largest absolute Gasteiger partial charge is 0.472 e. The summed E-state index contributed by atoms with van der Waals surface area (Å²) >= 11 is 0. The molecule has 534 valence electrons. The second kappa shape index (κ2) is 60.7. The van der Waals surface area contributed by atoms with Crippen LogP contribution in [0.5, 0.6) is 0 Å². The van der Waals surface area contributed by atoms with Gasteiger partial charge in [-0.05, 0) is 49.4 Å². The number of unbranched alkanes of at least 4 members (excludes halogenated alkanes) is 34. The number of phosphoric ester groups is 2. The minimum Gasteiger partial charge on any atom is -0.462 e. The number of aliphatic hydroxyl groups is 1. The first-order valence-corrected chi connectivity index (χ1v) is 39.7. The molecule has 0 saturated carbocycles. The number of carbonyl (C=O) groups excluding carboxylic acids is 4. The molecular formula is C71H138O17P2. The Morgan fingerprint density at radius 1 is 0.278 bits per heavy atom. The van der Waals surface area contributed by atoms with Crippen LogP contribution in [-0.4, -0.2) is 96.7 Å². The summed E-state index contributed by atoms with van der Waals surface area (Å²) in [4.78, 5) is 72.5. The van der Waals surface area contributed by atoms with Crippen molar-refractivity contribution in [3.63, 3.8) is 0 Å². The highest BCUT2D eigenvalue weighted by Gasteiger charge is 2.30. The lowest BCUT2D eigenvalue weighted by Crippen LogP contribution is -2.30. The highest BCUT2D eigenvalue weighted by molar-refractivity contribution is 7.47. The zero-order chi connectivity index (χ0) is 66.8. The van der Waals surface area contributed by atoms with Gasteiger partial charge in [-0.15, -0.1) is 0 Å². The van der Waals surface area contributed by atoms with E-state index in [9.17, 15) is 43.2 Å². The van der Waals surface area contributed by atoms with Crippen molar-refractivity contribution in [3.05, 3.63) is 0 Å². The summed E-state index contributed by atoms with van der Waals surface area (Å²) in [7, 11) is -9.90. The summed E-state index contributed by atoms with van der Waals surface area (Å²) in [6.07, 6.45) is 43.2. The third-order valence-corrected chi connectivity index (χ3v) is 18.2. The topological polar surface area (TPSA) is 237 Å². The van der Waals surface area contributed by atoms with Crippen molar-refractivity contribution in [2.24, 2.45) is 23.7 Å². The van der Waals surface area contributed by atoms with E-state index in [0.717, 1.165) is 108 Å². The van der Waals surface area contributed by atoms with Gasteiger partial charge < -0.3 is 33.8 Å². The summed E-state index contributed by atoms with van der Waals surface area (Å²) in [5.74, 6) is 0.827. The van der Waals surface area contributed by atoms with E-state index in [1.165, 1.54) is 154 Å². The van der Waals surface area contributed by atoms with Gasteiger partial charge in [-0.2, -0.15) is 0 Å². The maximum atomic E-state index is 13.0. The van der Waals surface area contributed by atoms with Gasteiger partial charge in [0.1, 0.15) is 19.3 Å². The minimum absolute atomic E-state index is 0.102. The highest BCUT2D eigenvalue weighted by Crippen LogP contribution is 2.45. The number of hydrogen-bond donors (Lipinski definition) is 3. The van der Waals surface area contributed by atoms with Gasteiger partial charge in [0.2, 0.25) is 0 Å². The Kier molecular flexibility index (Phi) is 59.4. The highest BCUT2D eigenvalue weighted by atomic mass is 31.2. The maximum Gasteiger partial charge on any atom is 0.472 e. The molecule has 90 heavy (non-hydrogen) atoms. The van der Waals surface area contributed by atoms with Crippen molar-refractivity contribution in [3.8, 4) is 0 Å². The fourth-order valence-electron chi connectivity index (χ4n) is 10.7. The Labute approximate surface area is 549 Å². The molecule has 0 aliphatic heterocycles. The molecule has 0 aliphatic rings. The molecule has 3 N–H and O–H groups in total. The normalized spacial score (nSPS) is 14.3. The van der Waals surface area contributed by atoms with E-state index >= 15 is 0 Å². The Bertz CT molecular complexity index is 1780. The first-order valence-electron chi connectivity index (χ1n) is 36.7. The predicted octanol–water partition coefficient (Wildman–Crippen LogP) is 20.1. The molecule has 0 saturated heterocycles. The molecule has 0 bridgehead atoms. The lowest BCUT2D eigenvalue weighted by atomic mass is 10.0. The Morgan fingerprint density at radius 2 is 0.467 bits per heavy atom. The minimum atomic E-state index is -4.95. The number of esters is 4. The standard InChI is InChI=1S/C71H138O17P2/c1-61(2)47-39-31-23-16-13-11-9-10-12-14-18-27-35-43-51-68(73)81-57-66(87-70(75)53-45-37-29-19-15-17-24-32-40-48-62(3)4)59-85-89(77,78)83-55-65(72)56-84-90(79,80)86-60-67(88-71(76)54-46-38-30-22-26-34-42-50-64(7)8)58-82-69(74)52-44-36-28-21-20-25-33-41-49-63(5)6/h61-67,72H,9-60H2,1-8H3,(H,77,78)(H,79,80)/t65?,66-,67-/m1/s1. The lowest BCUT2D eigenvalue weighted by Gasteiger charge is -2.21. The van der Waals surface area contributed by atoms with E-state index in [1.807, 2.05) is 0 Å². The van der Waals surface area contributed by atoms with Crippen LogP contribution in [0, 0.1) is 23.7 Å². The van der Waals surface area contributed by atoms with Gasteiger partial charge in [-0.25, -0.2) is 9.13 Å². The molecule has 5 atom stereocenters. The zero-order valence-corrected chi connectivity index (χ0v) is 60.6. The SMILES string of the molecule is CC(C)CCCCCCCCCCCCCCCCC(=O)OC[C@H](COP(=O)(O)OCC(O)COP(=O)(O)OC[C@@H](COC(=O)CCCCCCCCCCC(C)C)OC(=O)CCCCCCCCCC(C)C)OC(=O)CCCCCCCCCCCC(C)C. The number of carbonyl (C=O) groups is 4. The van der Waals surface area contributed by atoms with Crippen molar-refractivity contribution in [1.29, 1.82) is 0 Å². The Balaban J connectivity index is 5.22. The molecule has 17 nitrogen and oxygen atoms in total. The molecule has 0 spiro atoms. The second-order valence-electron chi connectivity index (χ2n) is 27.5. The smallest absolute Gasteiger partial charge is 0.462 e. The van der Waals surface area contributed by atoms with Crippen LogP contribution in [0.4, 0.5) is 0 Å². The maximum absolute atomic E-state index is 13.0. The van der Waals surface area contributed by atoms with Crippen LogP contribution in [0.1, 0.15) is 351 Å². The summed E-state index contributed by atoms with van der Waals surface area (Å²) in [5.41, 5.74) is 0. The molecule has 0 aliphatic carbocycles. The van der Waals surface area contributed by atoms with Gasteiger partial charge in [0, 0.05) is 25.7 Å². The Morgan fingerprint density at radius 3 is 0.689 bits per heavy atom. The first-order chi connectivity index (χ1) is 43.1. The van der Waals surface area contributed by atoms with E-state index in [0.29, 0.717) is 31.6 Å². The van der Waals surface area contributed by atoms with Gasteiger partial charge >= 0.3 is 39.5 Å². The Hall–Kier alpha value is -1.94. The van der Waals surface area contributed by atoms with Gasteiger partial charge in [-0.3, -0.25) is 37.3 Å². The molecule has 3 unspecified atom stereocenters. The second-order valence-corrected chi connectivity index (χ2v) is 30.4. The van der Waals surface area contributed by atoms with Crippen molar-refractivity contribution in [2.75, 3.05) is 39.6 Å². The molecule has 0 radical (unpaired) electrons. The average Bonchev–Trinajstić information content (AvgIpc) is 3.67. The molecule has 0 amide bonds. The quantitative estimate of drug-likeness (QED) is 0.0222. The van der Waals surface area contributed by atoms with E-state index in [4.69, 9.17) is 37.0 Å². The van der Waals surface area contributed by atoms with Crippen LogP contribution in [0.15, 0.2) is 0 Å². The summed E-state index contributed by atoms with van der Waals surface area (Å²) < 4.78 is 68.3. The van der Waals surface area contributed by atoms with E-state index in [-0.39, 0.29) is 25.7 Å². The van der Waals surface area contributed by atoms with Crippen LogP contribution in [0.2, 0.25) is 0 Å². The van der Waals surface area contributed by atoms with Crippen LogP contribution in [-0.2, 0) is 65.4 Å². The fourth-order valence-corrected chi connectivity index (χ4v) is 12.2. The number of rotatable bonds is 68. The van der Waals surface area contributed by atoms with Crippen LogP contribution in [0.25, 0.3) is 0 Å². The summed E-state index contributed by atoms with van der Waals surface area (Å²) in [5, 5.41) is 10.6. The molecule has 0 aromatic heterocycles. The molecule has 0 aromatic rings. The monoisotopic (exact) mass is 1320 g/mol. The molecule has 19 heteroatoms. The van der Waals surface area contributed by atoms with Crippen LogP contribution in [0.3, 0.4) is 0 Å². The van der Waals surface area contributed by atoms with Crippen molar-refractivity contribution >= 4 is 39.5 Å². The van der Waals surface area contributed by atoms with Gasteiger partial charge in [0.05, 0.1) is 26.4 Å². The van der Waals surface area contributed by atoms with Gasteiger partial charge in [-0.1, -0.05) is 299 Å². The molecule has 0 aromatic carbocycles. The van der Waals surface area contributed by atoms with E-state index in [1.54, 1.807) is 0 Å². The number of hydrogen-bond acceptors (Lipinski definition) is 15. The summed E-state index contributed by atoms with van der Waals surface area (Å²) in [6.45, 7) is 14.1. The predicted molar refractivity (Wildman–Crippen MR) is 363 cm³/mol. The van der Waals surface area contributed by atoms with Crippen molar-refractivity contribution in [2.45, 2.75) is 369 Å². The van der Waals surface area contributed by atoms with E-state index < -0.39 is 97.5 Å². The molecule has 0 rings (SSSR count). The van der Waals surface area contributed by atoms with Gasteiger partial charge in [0.15, 0.2) is 12.2 Å². The van der Waals surface area contributed by atoms with Crippen LogP contribution >= 0.6 is 15.6 Å². The number of phosphoric acid groups is 2. The average molecular weight is 1330 g/mol. The van der Waals surface area contributed by atoms with Gasteiger partial charge in [0.25, 0.3) is 0 Å². The zero-order valence-electron chi connectivity index (χ0n) is 58.8. The first kappa shape index (κ1) is 88.1. The van der Waals surface area contributed by atoms with Crippen LogP contribution < -0.4 is 0 Å². The molecule has 0 fully saturated rings. The van der Waals surface area contributed by atoms with E-state index in [2.05, 4.69) is 55.4 Å². The third kappa shape index (κ3) is 64.8. The van der Waals surface area contributed by atoms with Crippen molar-refractivity contribution in [1.82, 2.24) is 0 Å². The fraction of sp³-hybridized carbons (Fsp3) is 0.944.